The lowest BCUT2D eigenvalue weighted by atomic mass is 9.63. The molecule has 124 valence electrons. The molecule has 25 heavy (non-hydrogen) atoms. The Labute approximate surface area is 146 Å². The maximum absolute atomic E-state index is 6.00. The normalized spacial score (nSPS) is 18.9. The molecule has 5 nitrogen and oxygen atoms in total. The van der Waals surface area contributed by atoms with Crippen LogP contribution in [0.15, 0.2) is 47.0 Å². The van der Waals surface area contributed by atoms with Gasteiger partial charge >= 0.3 is 6.85 Å². The van der Waals surface area contributed by atoms with Crippen LogP contribution < -0.4 is 20.5 Å². The molecular weight excluding hydrogens is 311 g/mol. The van der Waals surface area contributed by atoms with E-state index < -0.39 is 0 Å². The van der Waals surface area contributed by atoms with Crippen LogP contribution in [0.4, 0.5) is 11.4 Å². The molecule has 5 rings (SSSR count). The Morgan fingerprint density at radius 1 is 1.12 bits per heavy atom. The van der Waals surface area contributed by atoms with Gasteiger partial charge in [-0.3, -0.25) is 5.01 Å². The van der Waals surface area contributed by atoms with Crippen molar-refractivity contribution in [3.05, 3.63) is 53.2 Å². The first kappa shape index (κ1) is 14.5. The fourth-order valence-electron chi connectivity index (χ4n) is 3.89. The highest BCUT2D eigenvalue weighted by molar-refractivity contribution is 6.70. The van der Waals surface area contributed by atoms with Crippen molar-refractivity contribution in [1.82, 2.24) is 9.90 Å². The molecule has 4 heterocycles. The number of aromatic nitrogens is 1. The first-order chi connectivity index (χ1) is 12.1. The molecule has 1 atom stereocenters. The Balaban J connectivity index is 1.69. The monoisotopic (exact) mass is 330 g/mol. The molecule has 0 unspecified atom stereocenters. The average molecular weight is 330 g/mol. The Hall–Kier alpha value is -2.89. The third-order valence-corrected chi connectivity index (χ3v) is 5.28. The number of nitrogens with zero attached hydrogens (tertiary/aromatic N) is 4. The van der Waals surface area contributed by atoms with Gasteiger partial charge in [0.15, 0.2) is 5.42 Å². The van der Waals surface area contributed by atoms with Gasteiger partial charge in [-0.25, -0.2) is 4.98 Å². The molecule has 0 spiro atoms. The van der Waals surface area contributed by atoms with Crippen LogP contribution in [0.3, 0.4) is 0 Å². The van der Waals surface area contributed by atoms with Crippen molar-refractivity contribution < 1.29 is 4.42 Å². The molecule has 2 aromatic heterocycles. The predicted octanol–water partition coefficient (Wildman–Crippen LogP) is 2.04. The van der Waals surface area contributed by atoms with Crippen LogP contribution >= 0.6 is 0 Å². The minimum atomic E-state index is 0.218. The van der Waals surface area contributed by atoms with Crippen LogP contribution in [0, 0.1) is 0 Å². The standard InChI is InChI=1S/C19H19BN4O/c1-13-22(3)16-8-4-5-9-17(16)24(13)23-12-18-15(11-20(23)2)14-7-6-10-21-19(14)25-18/h4-13H,1-3H3/t13-/m0/s1. The number of pyridine rings is 1. The summed E-state index contributed by atoms with van der Waals surface area (Å²) in [6.45, 7) is 4.65. The van der Waals surface area contributed by atoms with Gasteiger partial charge < -0.3 is 14.2 Å². The van der Waals surface area contributed by atoms with Crippen molar-refractivity contribution >= 4 is 41.5 Å². The van der Waals surface area contributed by atoms with Crippen LogP contribution in [0.1, 0.15) is 6.92 Å². The number of hydrogen-bond acceptors (Lipinski definition) is 5. The number of anilines is 2. The molecule has 0 saturated carbocycles. The fraction of sp³-hybridized carbons (Fsp3) is 0.211. The number of benzene rings is 1. The van der Waals surface area contributed by atoms with Gasteiger partial charge in [-0.1, -0.05) is 24.9 Å². The highest BCUT2D eigenvalue weighted by Gasteiger charge is 2.36. The lowest BCUT2D eigenvalue weighted by molar-refractivity contribution is 0.477. The van der Waals surface area contributed by atoms with E-state index in [1.165, 1.54) is 11.4 Å². The number of hydrazine groups is 1. The van der Waals surface area contributed by atoms with Crippen molar-refractivity contribution in [1.29, 1.82) is 0 Å². The van der Waals surface area contributed by atoms with Gasteiger partial charge in [-0.15, -0.1) is 0 Å². The lowest BCUT2D eigenvalue weighted by Crippen LogP contribution is -2.55. The van der Waals surface area contributed by atoms with E-state index in [0.717, 1.165) is 16.0 Å². The molecular formula is C19H19BN4O. The van der Waals surface area contributed by atoms with Crippen LogP contribution in [-0.2, 0) is 0 Å². The molecule has 3 aromatic rings. The Morgan fingerprint density at radius 3 is 2.76 bits per heavy atom. The van der Waals surface area contributed by atoms with Gasteiger partial charge in [-0.05, 0) is 31.2 Å². The van der Waals surface area contributed by atoms with Crippen LogP contribution in [0.25, 0.3) is 23.3 Å². The molecule has 0 N–H and O–H groups in total. The van der Waals surface area contributed by atoms with Gasteiger partial charge in [0.1, 0.15) is 6.17 Å². The summed E-state index contributed by atoms with van der Waals surface area (Å²) in [5.41, 5.74) is 4.02. The number of rotatable bonds is 1. The van der Waals surface area contributed by atoms with E-state index in [1.807, 2.05) is 6.07 Å². The maximum atomic E-state index is 6.00. The van der Waals surface area contributed by atoms with Crippen molar-refractivity contribution in [3.63, 3.8) is 0 Å². The molecule has 0 saturated heterocycles. The first-order valence-corrected chi connectivity index (χ1v) is 8.62. The third-order valence-electron chi connectivity index (χ3n) is 5.28. The summed E-state index contributed by atoms with van der Waals surface area (Å²) in [7, 11) is 2.14. The molecule has 0 amide bonds. The van der Waals surface area contributed by atoms with Gasteiger partial charge in [-0.2, -0.15) is 0 Å². The quantitative estimate of drug-likeness (QED) is 0.638. The van der Waals surface area contributed by atoms with Crippen LogP contribution in [0.5, 0.6) is 0 Å². The minimum Gasteiger partial charge on any atom is -0.436 e. The second-order valence-corrected chi connectivity index (χ2v) is 6.73. The number of fused-ring (bicyclic) bond motifs is 4. The van der Waals surface area contributed by atoms with Crippen molar-refractivity contribution in [3.8, 4) is 0 Å². The average Bonchev–Trinajstić information content (AvgIpc) is 3.10. The number of hydrogen-bond donors (Lipinski definition) is 0. The molecule has 2 aliphatic heterocycles. The van der Waals surface area contributed by atoms with Gasteiger partial charge in [0, 0.05) is 23.8 Å². The van der Waals surface area contributed by atoms with E-state index in [2.05, 4.69) is 83.1 Å². The zero-order valence-electron chi connectivity index (χ0n) is 14.5. The Bertz CT molecular complexity index is 1090. The lowest BCUT2D eigenvalue weighted by Gasteiger charge is -2.39. The van der Waals surface area contributed by atoms with Gasteiger partial charge in [0.2, 0.25) is 5.71 Å². The Morgan fingerprint density at radius 2 is 1.92 bits per heavy atom. The SMILES string of the molecule is CB1C=c2c(oc3ncccc23)=CN1N1c2ccccc2N(C)[C@@H]1C. The summed E-state index contributed by atoms with van der Waals surface area (Å²) in [4.78, 5) is 8.91. The van der Waals surface area contributed by atoms with E-state index in [4.69, 9.17) is 4.42 Å². The Kier molecular flexibility index (Phi) is 2.92. The molecule has 0 fully saturated rings. The van der Waals surface area contributed by atoms with E-state index in [0.29, 0.717) is 5.71 Å². The predicted molar refractivity (Wildman–Crippen MR) is 102 cm³/mol. The molecule has 6 heteroatoms. The maximum Gasteiger partial charge on any atom is 0.304 e. The largest absolute Gasteiger partial charge is 0.436 e. The summed E-state index contributed by atoms with van der Waals surface area (Å²) >= 11 is 0. The first-order valence-electron chi connectivity index (χ1n) is 8.62. The van der Waals surface area contributed by atoms with E-state index in [1.54, 1.807) is 6.20 Å². The van der Waals surface area contributed by atoms with Crippen LogP contribution in [0.2, 0.25) is 6.82 Å². The molecule has 2 aliphatic rings. The van der Waals surface area contributed by atoms with Gasteiger partial charge in [0.05, 0.1) is 17.6 Å². The summed E-state index contributed by atoms with van der Waals surface area (Å²) < 4.78 is 6.00. The summed E-state index contributed by atoms with van der Waals surface area (Å²) in [5, 5.41) is 4.55. The zero-order chi connectivity index (χ0) is 17.1. The van der Waals surface area contributed by atoms with Crippen molar-refractivity contribution in [2.45, 2.75) is 19.9 Å². The summed E-state index contributed by atoms with van der Waals surface area (Å²) in [5.74, 6) is 2.26. The van der Waals surface area contributed by atoms with E-state index in [-0.39, 0.29) is 13.0 Å². The van der Waals surface area contributed by atoms with E-state index in [9.17, 15) is 0 Å². The number of furan rings is 1. The fourth-order valence-corrected chi connectivity index (χ4v) is 3.89. The molecule has 0 radical (unpaired) electrons. The second-order valence-electron chi connectivity index (χ2n) is 6.73. The van der Waals surface area contributed by atoms with Crippen molar-refractivity contribution in [2.24, 2.45) is 0 Å². The highest BCUT2D eigenvalue weighted by Crippen LogP contribution is 2.39. The van der Waals surface area contributed by atoms with Gasteiger partial charge in [0.25, 0.3) is 0 Å². The number of para-hydroxylation sites is 2. The van der Waals surface area contributed by atoms with E-state index >= 15 is 0 Å². The highest BCUT2D eigenvalue weighted by atomic mass is 16.3. The molecule has 1 aromatic carbocycles. The van der Waals surface area contributed by atoms with Crippen molar-refractivity contribution in [2.75, 3.05) is 17.0 Å². The second kappa shape index (κ2) is 5.05. The summed E-state index contributed by atoms with van der Waals surface area (Å²) in [6.07, 6.45) is 4.11. The topological polar surface area (TPSA) is 35.8 Å². The molecule has 0 aliphatic carbocycles. The summed E-state index contributed by atoms with van der Waals surface area (Å²) in [6, 6.07) is 12.5. The minimum absolute atomic E-state index is 0.218. The zero-order valence-corrected chi connectivity index (χ0v) is 14.5. The molecule has 0 bridgehead atoms. The third kappa shape index (κ3) is 1.94. The smallest absolute Gasteiger partial charge is 0.304 e. The van der Waals surface area contributed by atoms with Crippen LogP contribution in [-0.4, -0.2) is 30.0 Å².